The molecule has 1 aliphatic heterocycles. The molecule has 0 saturated carbocycles. The van der Waals surface area contributed by atoms with E-state index >= 15 is 0 Å². The van der Waals surface area contributed by atoms with Gasteiger partial charge in [-0.3, -0.25) is 4.79 Å². The molecule has 2 rings (SSSR count). The summed E-state index contributed by atoms with van der Waals surface area (Å²) in [6.45, 7) is 3.01. The van der Waals surface area contributed by atoms with Crippen molar-refractivity contribution in [1.82, 2.24) is 5.32 Å². The number of aryl methyl sites for hydroxylation is 1. The summed E-state index contributed by atoms with van der Waals surface area (Å²) in [5, 5.41) is 6.33. The Balaban J connectivity index is 1.92. The first kappa shape index (κ1) is 13.9. The van der Waals surface area contributed by atoms with Crippen LogP contribution < -0.4 is 10.6 Å². The minimum absolute atomic E-state index is 0.0706. The zero-order chi connectivity index (χ0) is 13.0. The lowest BCUT2D eigenvalue weighted by Crippen LogP contribution is -2.39. The molecule has 1 heterocycles. The molecule has 3 nitrogen and oxygen atoms in total. The van der Waals surface area contributed by atoms with Gasteiger partial charge in [-0.25, -0.2) is 0 Å². The molecule has 2 N–H and O–H groups in total. The maximum atomic E-state index is 12.0. The van der Waals surface area contributed by atoms with Crippen LogP contribution in [0.4, 0.5) is 5.69 Å². The van der Waals surface area contributed by atoms with Crippen molar-refractivity contribution < 1.29 is 4.79 Å². The van der Waals surface area contributed by atoms with Gasteiger partial charge in [0.1, 0.15) is 0 Å². The van der Waals surface area contributed by atoms with Crippen LogP contribution in [0, 0.1) is 6.92 Å². The minimum atomic E-state index is 0.0706. The second kappa shape index (κ2) is 6.59. The van der Waals surface area contributed by atoms with Crippen LogP contribution in [0.2, 0.25) is 0 Å². The summed E-state index contributed by atoms with van der Waals surface area (Å²) in [5.41, 5.74) is 1.99. The third kappa shape index (κ3) is 4.00. The fourth-order valence-corrected chi connectivity index (χ4v) is 3.21. The summed E-state index contributed by atoms with van der Waals surface area (Å²) in [7, 11) is 0. The summed E-state index contributed by atoms with van der Waals surface area (Å²) >= 11 is 5.35. The van der Waals surface area contributed by atoms with Crippen molar-refractivity contribution in [3.05, 3.63) is 28.2 Å². The zero-order valence-electron chi connectivity index (χ0n) is 10.3. The average Bonchev–Trinajstić information content (AvgIpc) is 2.35. The van der Waals surface area contributed by atoms with Crippen molar-refractivity contribution in [3.63, 3.8) is 0 Å². The number of anilines is 1. The first-order valence-corrected chi connectivity index (χ1v) is 7.97. The van der Waals surface area contributed by atoms with Crippen LogP contribution in [-0.2, 0) is 4.79 Å². The van der Waals surface area contributed by atoms with E-state index in [0.29, 0.717) is 12.5 Å². The van der Waals surface area contributed by atoms with E-state index in [0.717, 1.165) is 33.8 Å². The number of carbonyl (C=O) groups is 1. The van der Waals surface area contributed by atoms with Crippen LogP contribution in [0.5, 0.6) is 0 Å². The highest BCUT2D eigenvalue weighted by Gasteiger charge is 2.17. The van der Waals surface area contributed by atoms with Crippen LogP contribution in [0.3, 0.4) is 0 Å². The van der Waals surface area contributed by atoms with Crippen molar-refractivity contribution >= 4 is 39.3 Å². The van der Waals surface area contributed by atoms with Gasteiger partial charge in [-0.1, -0.05) is 6.07 Å². The van der Waals surface area contributed by atoms with E-state index < -0.39 is 0 Å². The third-order valence-corrected chi connectivity index (χ3v) is 4.65. The molecule has 0 radical (unpaired) electrons. The number of halogens is 1. The van der Waals surface area contributed by atoms with E-state index in [1.54, 1.807) is 0 Å². The van der Waals surface area contributed by atoms with Gasteiger partial charge in [-0.05, 0) is 40.5 Å². The Kier molecular flexibility index (Phi) is 5.09. The molecule has 5 heteroatoms. The average molecular weight is 329 g/mol. The van der Waals surface area contributed by atoms with Crippen molar-refractivity contribution in [2.24, 2.45) is 0 Å². The molecule has 1 atom stereocenters. The summed E-state index contributed by atoms with van der Waals surface area (Å²) in [6.07, 6.45) is 0.535. The number of nitrogens with one attached hydrogen (secondary N) is 2. The van der Waals surface area contributed by atoms with Crippen LogP contribution in [0.25, 0.3) is 0 Å². The van der Waals surface area contributed by atoms with Crippen LogP contribution in [0.15, 0.2) is 22.7 Å². The number of benzene rings is 1. The van der Waals surface area contributed by atoms with Crippen molar-refractivity contribution in [1.29, 1.82) is 0 Å². The highest BCUT2D eigenvalue weighted by atomic mass is 79.9. The number of hydrogen-bond acceptors (Lipinski definition) is 3. The molecule has 1 unspecified atom stereocenters. The molecule has 1 aromatic carbocycles. The van der Waals surface area contributed by atoms with Gasteiger partial charge >= 0.3 is 0 Å². The predicted molar refractivity (Wildman–Crippen MR) is 81.2 cm³/mol. The van der Waals surface area contributed by atoms with Crippen LogP contribution in [-0.4, -0.2) is 30.0 Å². The molecule has 0 spiro atoms. The largest absolute Gasteiger partial charge is 0.325 e. The second-order valence-corrected chi connectivity index (χ2v) is 6.47. The van der Waals surface area contributed by atoms with Gasteiger partial charge < -0.3 is 10.6 Å². The van der Waals surface area contributed by atoms with E-state index in [-0.39, 0.29) is 5.91 Å². The standard InChI is InChI=1S/C13H17BrN2OS/c1-9-2-3-11(14)12(6-9)16-13(17)7-10-8-18-5-4-15-10/h2-3,6,10,15H,4-5,7-8H2,1H3,(H,16,17). The van der Waals surface area contributed by atoms with Crippen LogP contribution in [0.1, 0.15) is 12.0 Å². The van der Waals surface area contributed by atoms with Crippen molar-refractivity contribution in [2.75, 3.05) is 23.4 Å². The maximum Gasteiger partial charge on any atom is 0.226 e. The number of hydrogen-bond donors (Lipinski definition) is 2. The number of carbonyl (C=O) groups excluding carboxylic acids is 1. The van der Waals surface area contributed by atoms with E-state index in [2.05, 4.69) is 26.6 Å². The molecule has 0 bridgehead atoms. The molecule has 1 aliphatic rings. The fraction of sp³-hybridized carbons (Fsp3) is 0.462. The second-order valence-electron chi connectivity index (χ2n) is 4.46. The topological polar surface area (TPSA) is 41.1 Å². The van der Waals surface area contributed by atoms with E-state index in [1.165, 1.54) is 0 Å². The third-order valence-electron chi connectivity index (χ3n) is 2.83. The monoisotopic (exact) mass is 328 g/mol. The van der Waals surface area contributed by atoms with Crippen LogP contribution >= 0.6 is 27.7 Å². The van der Waals surface area contributed by atoms with Crippen molar-refractivity contribution in [2.45, 2.75) is 19.4 Å². The molecule has 0 aliphatic carbocycles. The zero-order valence-corrected chi connectivity index (χ0v) is 12.7. The lowest BCUT2D eigenvalue weighted by atomic mass is 10.2. The van der Waals surface area contributed by atoms with Gasteiger partial charge in [0.25, 0.3) is 0 Å². The Labute approximate surface area is 120 Å². The molecule has 0 aromatic heterocycles. The normalized spacial score (nSPS) is 19.6. The molecule has 1 aromatic rings. The minimum Gasteiger partial charge on any atom is -0.325 e. The van der Waals surface area contributed by atoms with Gasteiger partial charge in [-0.2, -0.15) is 11.8 Å². The first-order valence-electron chi connectivity index (χ1n) is 6.02. The highest BCUT2D eigenvalue weighted by Crippen LogP contribution is 2.23. The number of rotatable bonds is 3. The molecule has 1 saturated heterocycles. The Morgan fingerprint density at radius 3 is 3.17 bits per heavy atom. The van der Waals surface area contributed by atoms with Gasteiger partial charge in [0.2, 0.25) is 5.91 Å². The number of thioether (sulfide) groups is 1. The van der Waals surface area contributed by atoms with Gasteiger partial charge in [0.05, 0.1) is 5.69 Å². The lowest BCUT2D eigenvalue weighted by Gasteiger charge is -2.22. The summed E-state index contributed by atoms with van der Waals surface area (Å²) in [6, 6.07) is 6.25. The van der Waals surface area contributed by atoms with Gasteiger partial charge in [-0.15, -0.1) is 0 Å². The fourth-order valence-electron chi connectivity index (χ4n) is 1.91. The van der Waals surface area contributed by atoms with Gasteiger partial charge in [0, 0.05) is 35.0 Å². The molecular weight excluding hydrogens is 312 g/mol. The Bertz CT molecular complexity index is 433. The molecule has 18 heavy (non-hydrogen) atoms. The predicted octanol–water partition coefficient (Wildman–Crippen LogP) is 2.79. The molecule has 98 valence electrons. The Morgan fingerprint density at radius 1 is 1.61 bits per heavy atom. The summed E-state index contributed by atoms with van der Waals surface area (Å²) in [4.78, 5) is 12.0. The Hall–Kier alpha value is -0.520. The lowest BCUT2D eigenvalue weighted by molar-refractivity contribution is -0.116. The number of amides is 1. The summed E-state index contributed by atoms with van der Waals surface area (Å²) in [5.74, 6) is 2.23. The maximum absolute atomic E-state index is 12.0. The first-order chi connectivity index (χ1) is 8.65. The molecule has 1 amide bonds. The van der Waals surface area contributed by atoms with E-state index in [4.69, 9.17) is 0 Å². The molecular formula is C13H17BrN2OS. The SMILES string of the molecule is Cc1ccc(Br)c(NC(=O)CC2CSCCN2)c1. The summed E-state index contributed by atoms with van der Waals surface area (Å²) < 4.78 is 0.924. The smallest absolute Gasteiger partial charge is 0.226 e. The van der Waals surface area contributed by atoms with E-state index in [9.17, 15) is 4.79 Å². The molecule has 1 fully saturated rings. The Morgan fingerprint density at radius 2 is 2.44 bits per heavy atom. The van der Waals surface area contributed by atoms with Crippen molar-refractivity contribution in [3.8, 4) is 0 Å². The highest BCUT2D eigenvalue weighted by molar-refractivity contribution is 9.10. The quantitative estimate of drug-likeness (QED) is 0.896. The van der Waals surface area contributed by atoms with Gasteiger partial charge in [0.15, 0.2) is 0 Å². The van der Waals surface area contributed by atoms with E-state index in [1.807, 2.05) is 36.9 Å².